The molecule has 0 unspecified atom stereocenters. The number of hydrogen-bond donors (Lipinski definition) is 1. The highest BCUT2D eigenvalue weighted by molar-refractivity contribution is 5.97. The first-order valence-corrected chi connectivity index (χ1v) is 9.61. The molecule has 1 aliphatic heterocycles. The predicted molar refractivity (Wildman–Crippen MR) is 104 cm³/mol. The summed E-state index contributed by atoms with van der Waals surface area (Å²) in [7, 11) is 0. The number of nitrogens with zero attached hydrogens (tertiary/aromatic N) is 3. The maximum atomic E-state index is 12.7. The maximum absolute atomic E-state index is 12.7. The zero-order valence-electron chi connectivity index (χ0n) is 17.1. The summed E-state index contributed by atoms with van der Waals surface area (Å²) in [5.41, 5.74) is 1.64. The fourth-order valence-corrected chi connectivity index (χ4v) is 3.57. The van der Waals surface area contributed by atoms with Crippen molar-refractivity contribution in [3.05, 3.63) is 23.5 Å². The Kier molecular flexibility index (Phi) is 5.53. The monoisotopic (exact) mass is 374 g/mol. The van der Waals surface area contributed by atoms with Crippen molar-refractivity contribution in [2.45, 2.75) is 65.2 Å². The van der Waals surface area contributed by atoms with Gasteiger partial charge in [-0.05, 0) is 39.7 Å². The molecule has 1 saturated heterocycles. The molecule has 2 aromatic rings. The van der Waals surface area contributed by atoms with Crippen LogP contribution in [0.3, 0.4) is 0 Å². The molecule has 0 aromatic carbocycles. The Morgan fingerprint density at radius 2 is 2.00 bits per heavy atom. The van der Waals surface area contributed by atoms with Crippen LogP contribution in [-0.4, -0.2) is 58.3 Å². The normalized spacial score (nSPS) is 21.7. The fraction of sp³-hybridized carbons (Fsp3) is 0.650. The van der Waals surface area contributed by atoms with Crippen LogP contribution in [0.4, 0.5) is 0 Å². The minimum absolute atomic E-state index is 0.136. The summed E-state index contributed by atoms with van der Waals surface area (Å²) in [4.78, 5) is 19.3. The highest BCUT2D eigenvalue weighted by atomic mass is 16.5. The van der Waals surface area contributed by atoms with E-state index in [1.165, 1.54) is 0 Å². The molecule has 148 valence electrons. The van der Waals surface area contributed by atoms with Crippen molar-refractivity contribution < 1.29 is 14.1 Å². The van der Waals surface area contributed by atoms with Crippen molar-refractivity contribution in [3.8, 4) is 0 Å². The number of carbonyl (C=O) groups is 1. The number of nitrogens with one attached hydrogen (secondary N) is 1. The Hall–Kier alpha value is -1.99. The van der Waals surface area contributed by atoms with E-state index in [9.17, 15) is 4.79 Å². The number of hydrogen-bond acceptors (Lipinski definition) is 6. The molecule has 0 spiro atoms. The molecule has 7 heteroatoms. The molecule has 1 aliphatic rings. The number of rotatable bonds is 5. The number of pyridine rings is 1. The number of fused-ring (bicyclic) bond motifs is 1. The number of aromatic nitrogens is 2. The van der Waals surface area contributed by atoms with Gasteiger partial charge in [-0.2, -0.15) is 0 Å². The molecule has 0 aliphatic carbocycles. The highest BCUT2D eigenvalue weighted by Gasteiger charge is 2.33. The van der Waals surface area contributed by atoms with E-state index in [2.05, 4.69) is 48.1 Å². The minimum Gasteiger partial charge on any atom is -0.373 e. The Balaban J connectivity index is 1.69. The SMILES string of the molecule is CC(C)c1noc2ncc(C(=O)NCC(C)(C)N3C[C@@H](C)O[C@@H](C)C3)cc12. The first-order chi connectivity index (χ1) is 12.7. The third-order valence-corrected chi connectivity index (χ3v) is 5.12. The lowest BCUT2D eigenvalue weighted by Gasteiger charge is -2.45. The first-order valence-electron chi connectivity index (χ1n) is 9.61. The van der Waals surface area contributed by atoms with Crippen LogP contribution in [0.15, 0.2) is 16.8 Å². The van der Waals surface area contributed by atoms with Crippen molar-refractivity contribution in [2.75, 3.05) is 19.6 Å². The summed E-state index contributed by atoms with van der Waals surface area (Å²) in [5.74, 6) is 0.0679. The summed E-state index contributed by atoms with van der Waals surface area (Å²) in [6.07, 6.45) is 1.93. The van der Waals surface area contributed by atoms with Crippen molar-refractivity contribution in [3.63, 3.8) is 0 Å². The van der Waals surface area contributed by atoms with Gasteiger partial charge in [0.25, 0.3) is 11.6 Å². The summed E-state index contributed by atoms with van der Waals surface area (Å²) >= 11 is 0. The molecule has 2 aromatic heterocycles. The second-order valence-electron chi connectivity index (χ2n) is 8.46. The molecular weight excluding hydrogens is 344 g/mol. The molecule has 1 amide bonds. The van der Waals surface area contributed by atoms with Crippen LogP contribution in [-0.2, 0) is 4.74 Å². The number of morpholine rings is 1. The highest BCUT2D eigenvalue weighted by Crippen LogP contribution is 2.24. The summed E-state index contributed by atoms with van der Waals surface area (Å²) in [6.45, 7) is 14.8. The second kappa shape index (κ2) is 7.56. The largest absolute Gasteiger partial charge is 0.373 e. The zero-order chi connectivity index (χ0) is 19.8. The molecule has 1 fully saturated rings. The summed E-state index contributed by atoms with van der Waals surface area (Å²) in [6, 6.07) is 1.81. The van der Waals surface area contributed by atoms with Crippen molar-refractivity contribution in [1.82, 2.24) is 20.4 Å². The molecule has 2 atom stereocenters. The zero-order valence-corrected chi connectivity index (χ0v) is 17.1. The lowest BCUT2D eigenvalue weighted by atomic mass is 10.00. The van der Waals surface area contributed by atoms with Crippen molar-refractivity contribution in [2.24, 2.45) is 0 Å². The lowest BCUT2D eigenvalue weighted by molar-refractivity contribution is -0.0948. The Morgan fingerprint density at radius 3 is 2.63 bits per heavy atom. The van der Waals surface area contributed by atoms with Crippen LogP contribution < -0.4 is 5.32 Å². The van der Waals surface area contributed by atoms with E-state index in [1.807, 2.05) is 19.9 Å². The molecule has 0 saturated carbocycles. The van der Waals surface area contributed by atoms with Gasteiger partial charge in [-0.1, -0.05) is 19.0 Å². The average Bonchev–Trinajstić information content (AvgIpc) is 3.02. The van der Waals surface area contributed by atoms with E-state index in [0.717, 1.165) is 24.2 Å². The topological polar surface area (TPSA) is 80.5 Å². The van der Waals surface area contributed by atoms with E-state index in [4.69, 9.17) is 9.26 Å². The van der Waals surface area contributed by atoms with Gasteiger partial charge in [0, 0.05) is 31.4 Å². The van der Waals surface area contributed by atoms with Crippen molar-refractivity contribution >= 4 is 17.0 Å². The van der Waals surface area contributed by atoms with Crippen LogP contribution in [0.25, 0.3) is 11.1 Å². The van der Waals surface area contributed by atoms with Crippen LogP contribution in [0, 0.1) is 0 Å². The number of ether oxygens (including phenoxy) is 1. The smallest absolute Gasteiger partial charge is 0.257 e. The molecular formula is C20H30N4O3. The predicted octanol–water partition coefficient (Wildman–Crippen LogP) is 2.96. The van der Waals surface area contributed by atoms with Crippen LogP contribution in [0.1, 0.15) is 63.5 Å². The lowest BCUT2D eigenvalue weighted by Crippen LogP contribution is -2.58. The van der Waals surface area contributed by atoms with Gasteiger partial charge in [-0.3, -0.25) is 9.69 Å². The van der Waals surface area contributed by atoms with E-state index < -0.39 is 0 Å². The van der Waals surface area contributed by atoms with E-state index >= 15 is 0 Å². The average molecular weight is 374 g/mol. The molecule has 7 nitrogen and oxygen atoms in total. The van der Waals surface area contributed by atoms with E-state index in [0.29, 0.717) is 17.8 Å². The number of amides is 1. The maximum Gasteiger partial charge on any atom is 0.257 e. The quantitative estimate of drug-likeness (QED) is 0.867. The molecule has 3 heterocycles. The first kappa shape index (κ1) is 19.8. The fourth-order valence-electron chi connectivity index (χ4n) is 3.57. The van der Waals surface area contributed by atoms with Crippen molar-refractivity contribution in [1.29, 1.82) is 0 Å². The molecule has 1 N–H and O–H groups in total. The summed E-state index contributed by atoms with van der Waals surface area (Å²) < 4.78 is 11.1. The van der Waals surface area contributed by atoms with Crippen LogP contribution in [0.5, 0.6) is 0 Å². The summed E-state index contributed by atoms with van der Waals surface area (Å²) in [5, 5.41) is 7.93. The Morgan fingerprint density at radius 1 is 1.33 bits per heavy atom. The molecule has 0 radical (unpaired) electrons. The van der Waals surface area contributed by atoms with Gasteiger partial charge in [0.05, 0.1) is 28.9 Å². The second-order valence-corrected chi connectivity index (χ2v) is 8.46. The van der Waals surface area contributed by atoms with Crippen LogP contribution >= 0.6 is 0 Å². The standard InChI is InChI=1S/C20H30N4O3/c1-12(2)17-16-7-15(8-21-19(16)27-23-17)18(25)22-11-20(5,6)24-9-13(3)26-14(4)10-24/h7-8,12-14H,9-11H2,1-6H3,(H,22,25)/t13-,14+. The van der Waals surface area contributed by atoms with E-state index in [-0.39, 0.29) is 29.6 Å². The molecule has 3 rings (SSSR count). The van der Waals surface area contributed by atoms with Gasteiger partial charge >= 0.3 is 0 Å². The van der Waals surface area contributed by atoms with Gasteiger partial charge in [-0.25, -0.2) is 4.98 Å². The third-order valence-electron chi connectivity index (χ3n) is 5.12. The number of carbonyl (C=O) groups excluding carboxylic acids is 1. The molecule has 0 bridgehead atoms. The van der Waals surface area contributed by atoms with Gasteiger partial charge < -0.3 is 14.6 Å². The van der Waals surface area contributed by atoms with Gasteiger partial charge in [0.2, 0.25) is 0 Å². The van der Waals surface area contributed by atoms with Crippen LogP contribution in [0.2, 0.25) is 0 Å². The third kappa shape index (κ3) is 4.30. The van der Waals surface area contributed by atoms with Gasteiger partial charge in [0.15, 0.2) is 0 Å². The minimum atomic E-state index is -0.167. The van der Waals surface area contributed by atoms with Gasteiger partial charge in [0.1, 0.15) is 0 Å². The molecule has 27 heavy (non-hydrogen) atoms. The van der Waals surface area contributed by atoms with E-state index in [1.54, 1.807) is 6.20 Å². The van der Waals surface area contributed by atoms with Gasteiger partial charge in [-0.15, -0.1) is 0 Å². The Bertz CT molecular complexity index is 805. The Labute approximate surface area is 160 Å².